The first-order valence-electron chi connectivity index (χ1n) is 8.11. The minimum Gasteiger partial charge on any atom is -0.394 e. The zero-order valence-electron chi connectivity index (χ0n) is 14.4. The Balaban J connectivity index is 0.000000277. The van der Waals surface area contributed by atoms with Gasteiger partial charge < -0.3 is 60.7 Å². The summed E-state index contributed by atoms with van der Waals surface area (Å²) in [5, 5.41) is 84.1. The van der Waals surface area contributed by atoms with E-state index in [1.54, 1.807) is 0 Å². The summed E-state index contributed by atoms with van der Waals surface area (Å²) in [4.78, 5) is 10.7. The van der Waals surface area contributed by atoms with Crippen molar-refractivity contribution < 1.29 is 60.2 Å². The lowest BCUT2D eigenvalue weighted by atomic mass is 9.97. The average Bonchev–Trinajstić information content (AvgIpc) is 2.63. The molecule has 2 saturated heterocycles. The molecule has 2 fully saturated rings. The van der Waals surface area contributed by atoms with Gasteiger partial charge in [-0.3, -0.25) is 4.79 Å². The number of carbonyl (C=O) groups is 1. The van der Waals surface area contributed by atoms with Crippen molar-refractivity contribution in [3.63, 3.8) is 0 Å². The van der Waals surface area contributed by atoms with Crippen LogP contribution in [0.5, 0.6) is 0 Å². The molecule has 10 atom stereocenters. The van der Waals surface area contributed by atoms with E-state index in [2.05, 4.69) is 10.1 Å². The van der Waals surface area contributed by atoms with E-state index in [1.165, 1.54) is 6.92 Å². The number of amides is 1. The predicted molar refractivity (Wildman–Crippen MR) is 83.6 cm³/mol. The Morgan fingerprint density at radius 2 is 1.19 bits per heavy atom. The molecule has 0 spiro atoms. The van der Waals surface area contributed by atoms with Crippen molar-refractivity contribution in [1.29, 1.82) is 0 Å². The number of ether oxygens (including phenoxy) is 2. The highest BCUT2D eigenvalue weighted by atomic mass is 16.6. The summed E-state index contributed by atoms with van der Waals surface area (Å²) in [5.74, 6) is -0.462. The van der Waals surface area contributed by atoms with Crippen LogP contribution in [0.1, 0.15) is 6.92 Å². The Labute approximate surface area is 154 Å². The molecule has 2 rings (SSSR count). The van der Waals surface area contributed by atoms with Crippen LogP contribution in [-0.4, -0.2) is 126 Å². The van der Waals surface area contributed by atoms with Crippen molar-refractivity contribution in [3.8, 4) is 0 Å². The normalized spacial score (nSPS) is 44.8. The SMILES string of the molecule is CC(=O)N[C@H]1C(O)O[C@H](CO)[C@H](O)[C@@H]1O.OC[C@H]1O[C@H](O)[C@H](O)[C@@H](O)[C@H]1O. The summed E-state index contributed by atoms with van der Waals surface area (Å²) in [6.45, 7) is 0.161. The highest BCUT2D eigenvalue weighted by molar-refractivity contribution is 5.73. The molecule has 0 bridgehead atoms. The second-order valence-electron chi connectivity index (χ2n) is 6.17. The highest BCUT2D eigenvalue weighted by Gasteiger charge is 2.44. The van der Waals surface area contributed by atoms with Crippen molar-refractivity contribution in [1.82, 2.24) is 5.32 Å². The third-order valence-corrected chi connectivity index (χ3v) is 4.14. The summed E-state index contributed by atoms with van der Waals surface area (Å²) >= 11 is 0. The van der Waals surface area contributed by atoms with Gasteiger partial charge in [-0.15, -0.1) is 0 Å². The lowest BCUT2D eigenvalue weighted by Gasteiger charge is -2.40. The second kappa shape index (κ2) is 10.5. The zero-order valence-corrected chi connectivity index (χ0v) is 14.4. The molecule has 0 radical (unpaired) electrons. The number of nitrogens with one attached hydrogen (secondary N) is 1. The Bertz CT molecular complexity index is 463. The molecule has 160 valence electrons. The van der Waals surface area contributed by atoms with Gasteiger partial charge in [0.25, 0.3) is 0 Å². The lowest BCUT2D eigenvalue weighted by molar-refractivity contribution is -0.286. The molecule has 0 aromatic rings. The Kier molecular flexibility index (Phi) is 9.40. The molecular formula is C14H27NO12. The van der Waals surface area contributed by atoms with E-state index in [1.807, 2.05) is 0 Å². The van der Waals surface area contributed by atoms with Gasteiger partial charge in [0.1, 0.15) is 48.8 Å². The lowest BCUT2D eigenvalue weighted by Crippen LogP contribution is -2.63. The van der Waals surface area contributed by atoms with Gasteiger partial charge >= 0.3 is 0 Å². The number of hydrogen-bond acceptors (Lipinski definition) is 12. The van der Waals surface area contributed by atoms with Gasteiger partial charge in [0.15, 0.2) is 12.6 Å². The summed E-state index contributed by atoms with van der Waals surface area (Å²) < 4.78 is 9.39. The van der Waals surface area contributed by atoms with E-state index >= 15 is 0 Å². The van der Waals surface area contributed by atoms with Crippen LogP contribution in [0.25, 0.3) is 0 Å². The summed E-state index contributed by atoms with van der Waals surface area (Å²) in [5.41, 5.74) is 0. The van der Waals surface area contributed by atoms with Crippen LogP contribution in [0.4, 0.5) is 0 Å². The molecule has 27 heavy (non-hydrogen) atoms. The van der Waals surface area contributed by atoms with Gasteiger partial charge in [0, 0.05) is 6.92 Å². The minimum absolute atomic E-state index is 0.462. The predicted octanol–water partition coefficient (Wildman–Crippen LogP) is -6.30. The van der Waals surface area contributed by atoms with E-state index in [-0.39, 0.29) is 0 Å². The van der Waals surface area contributed by atoms with Crippen LogP contribution in [-0.2, 0) is 14.3 Å². The third kappa shape index (κ3) is 6.00. The molecule has 10 N–H and O–H groups in total. The smallest absolute Gasteiger partial charge is 0.217 e. The van der Waals surface area contributed by atoms with Gasteiger partial charge in [0.2, 0.25) is 5.91 Å². The van der Waals surface area contributed by atoms with E-state index in [4.69, 9.17) is 35.4 Å². The van der Waals surface area contributed by atoms with Crippen LogP contribution in [0.15, 0.2) is 0 Å². The molecule has 1 unspecified atom stereocenters. The third-order valence-electron chi connectivity index (χ3n) is 4.14. The van der Waals surface area contributed by atoms with Gasteiger partial charge in [0.05, 0.1) is 13.2 Å². The maximum Gasteiger partial charge on any atom is 0.217 e. The molecule has 13 heteroatoms. The summed E-state index contributed by atoms with van der Waals surface area (Å²) in [6, 6.07) is -1.10. The number of hydrogen-bond donors (Lipinski definition) is 10. The summed E-state index contributed by atoms with van der Waals surface area (Å²) in [7, 11) is 0. The average molecular weight is 401 g/mol. The van der Waals surface area contributed by atoms with Crippen LogP contribution < -0.4 is 5.32 Å². The van der Waals surface area contributed by atoms with Crippen LogP contribution in [0.2, 0.25) is 0 Å². The van der Waals surface area contributed by atoms with Crippen molar-refractivity contribution >= 4 is 5.91 Å². The largest absolute Gasteiger partial charge is 0.394 e. The molecule has 2 heterocycles. The van der Waals surface area contributed by atoms with Crippen molar-refractivity contribution in [2.24, 2.45) is 0 Å². The van der Waals surface area contributed by atoms with Gasteiger partial charge in [-0.05, 0) is 0 Å². The number of aliphatic hydroxyl groups is 9. The monoisotopic (exact) mass is 401 g/mol. The molecule has 13 nitrogen and oxygen atoms in total. The van der Waals surface area contributed by atoms with Crippen molar-refractivity contribution in [2.45, 2.75) is 68.3 Å². The Hall–Kier alpha value is -0.970. The molecule has 2 aliphatic rings. The Morgan fingerprint density at radius 3 is 1.63 bits per heavy atom. The molecule has 0 aromatic carbocycles. The topological polar surface area (TPSA) is 230 Å². The first kappa shape index (κ1) is 24.1. The van der Waals surface area contributed by atoms with Gasteiger partial charge in [-0.25, -0.2) is 0 Å². The summed E-state index contributed by atoms with van der Waals surface area (Å²) in [6.07, 6.45) is -12.3. The minimum atomic E-state index is -1.57. The standard InChI is InChI=1S/C8H15NO6.C6H12O6/c1-3(11)9-5-7(13)6(12)4(2-10)15-8(5)14;7-1-2-3(8)4(9)5(10)6(11)12-2/h4-8,10,12-14H,2H2,1H3,(H,9,11);2-11H,1H2/t4-,5-,6+,7-,8?;2-,3+,4+,5-,6+/m11/s1. The first-order chi connectivity index (χ1) is 12.5. The maximum atomic E-state index is 10.7. The molecule has 0 aliphatic carbocycles. The fourth-order valence-electron chi connectivity index (χ4n) is 2.57. The molecule has 0 aromatic heterocycles. The number of aliphatic hydroxyl groups excluding tert-OH is 9. The molecule has 1 amide bonds. The fraction of sp³-hybridized carbons (Fsp3) is 0.929. The maximum absolute atomic E-state index is 10.7. The number of carbonyl (C=O) groups excluding carboxylic acids is 1. The fourth-order valence-corrected chi connectivity index (χ4v) is 2.57. The van der Waals surface area contributed by atoms with E-state index in [0.717, 1.165) is 0 Å². The first-order valence-corrected chi connectivity index (χ1v) is 8.11. The van der Waals surface area contributed by atoms with Crippen LogP contribution >= 0.6 is 0 Å². The van der Waals surface area contributed by atoms with E-state index < -0.39 is 80.5 Å². The molecule has 2 aliphatic heterocycles. The van der Waals surface area contributed by atoms with E-state index in [9.17, 15) is 20.1 Å². The highest BCUT2D eigenvalue weighted by Crippen LogP contribution is 2.20. The quantitative estimate of drug-likeness (QED) is 0.213. The van der Waals surface area contributed by atoms with Crippen LogP contribution in [0.3, 0.4) is 0 Å². The zero-order chi connectivity index (χ0) is 20.9. The van der Waals surface area contributed by atoms with E-state index in [0.29, 0.717) is 0 Å². The van der Waals surface area contributed by atoms with Gasteiger partial charge in [-0.1, -0.05) is 0 Å². The van der Waals surface area contributed by atoms with Crippen molar-refractivity contribution in [3.05, 3.63) is 0 Å². The van der Waals surface area contributed by atoms with Gasteiger partial charge in [-0.2, -0.15) is 0 Å². The second-order valence-corrected chi connectivity index (χ2v) is 6.17. The molecule has 0 saturated carbocycles. The number of rotatable bonds is 3. The molecular weight excluding hydrogens is 374 g/mol. The Morgan fingerprint density at radius 1 is 0.741 bits per heavy atom. The van der Waals surface area contributed by atoms with Crippen LogP contribution in [0, 0.1) is 0 Å². The van der Waals surface area contributed by atoms with Crippen molar-refractivity contribution in [2.75, 3.05) is 13.2 Å².